The van der Waals surface area contributed by atoms with E-state index in [2.05, 4.69) is 29.2 Å². The standard InChI is InChI=1S/C13H27N3/c1-15-9-3-5-13(11-15)16(2)10-4-8-14-12-6-7-12/h12-14H,3-11H2,1-2H3. The van der Waals surface area contributed by atoms with Gasteiger partial charge in [-0.1, -0.05) is 0 Å². The van der Waals surface area contributed by atoms with E-state index in [0.29, 0.717) is 0 Å². The number of piperidine rings is 1. The van der Waals surface area contributed by atoms with Crippen LogP contribution < -0.4 is 5.32 Å². The SMILES string of the molecule is CN1CCCC(N(C)CCCNC2CC2)C1. The van der Waals surface area contributed by atoms with E-state index in [-0.39, 0.29) is 0 Å². The van der Waals surface area contributed by atoms with Gasteiger partial charge in [0, 0.05) is 18.6 Å². The van der Waals surface area contributed by atoms with E-state index in [0.717, 1.165) is 12.1 Å². The molecule has 1 aliphatic carbocycles. The molecule has 1 aliphatic heterocycles. The van der Waals surface area contributed by atoms with Crippen LogP contribution in [0.1, 0.15) is 32.1 Å². The average molecular weight is 225 g/mol. The third kappa shape index (κ3) is 4.04. The summed E-state index contributed by atoms with van der Waals surface area (Å²) in [5.41, 5.74) is 0. The maximum absolute atomic E-state index is 3.59. The molecule has 0 radical (unpaired) electrons. The van der Waals surface area contributed by atoms with Crippen LogP contribution >= 0.6 is 0 Å². The summed E-state index contributed by atoms with van der Waals surface area (Å²) in [7, 11) is 4.54. The Morgan fingerprint density at radius 3 is 2.81 bits per heavy atom. The van der Waals surface area contributed by atoms with Crippen molar-refractivity contribution in [1.82, 2.24) is 15.1 Å². The molecule has 0 spiro atoms. The summed E-state index contributed by atoms with van der Waals surface area (Å²) < 4.78 is 0. The monoisotopic (exact) mass is 225 g/mol. The number of likely N-dealkylation sites (tertiary alicyclic amines) is 1. The predicted octanol–water partition coefficient (Wildman–Crippen LogP) is 1.15. The lowest BCUT2D eigenvalue weighted by Crippen LogP contribution is -2.45. The molecule has 0 aromatic carbocycles. The van der Waals surface area contributed by atoms with Crippen LogP contribution in [0.15, 0.2) is 0 Å². The van der Waals surface area contributed by atoms with Gasteiger partial charge in [-0.15, -0.1) is 0 Å². The second kappa shape index (κ2) is 5.99. The van der Waals surface area contributed by atoms with Gasteiger partial charge in [0.15, 0.2) is 0 Å². The minimum absolute atomic E-state index is 0.791. The summed E-state index contributed by atoms with van der Waals surface area (Å²) in [6.45, 7) is 5.00. The van der Waals surface area contributed by atoms with E-state index in [1.54, 1.807) is 0 Å². The fraction of sp³-hybridized carbons (Fsp3) is 1.00. The highest BCUT2D eigenvalue weighted by atomic mass is 15.2. The second-order valence-corrected chi connectivity index (χ2v) is 5.62. The van der Waals surface area contributed by atoms with Crippen LogP contribution in [0.5, 0.6) is 0 Å². The molecule has 1 saturated carbocycles. The molecular weight excluding hydrogens is 198 g/mol. The van der Waals surface area contributed by atoms with E-state index in [9.17, 15) is 0 Å². The predicted molar refractivity (Wildman–Crippen MR) is 68.8 cm³/mol. The second-order valence-electron chi connectivity index (χ2n) is 5.62. The van der Waals surface area contributed by atoms with Crippen LogP contribution in [0.25, 0.3) is 0 Å². The smallest absolute Gasteiger partial charge is 0.0220 e. The van der Waals surface area contributed by atoms with Gasteiger partial charge in [0.1, 0.15) is 0 Å². The Kier molecular flexibility index (Phi) is 4.62. The Balaban J connectivity index is 1.56. The maximum Gasteiger partial charge on any atom is 0.0220 e. The minimum atomic E-state index is 0.791. The first-order valence-electron chi connectivity index (χ1n) is 6.88. The summed E-state index contributed by atoms with van der Waals surface area (Å²) in [6.07, 6.45) is 6.86. The normalized spacial score (nSPS) is 27.6. The highest BCUT2D eigenvalue weighted by Crippen LogP contribution is 2.18. The molecule has 1 saturated heterocycles. The van der Waals surface area contributed by atoms with Crippen molar-refractivity contribution in [2.45, 2.75) is 44.2 Å². The Morgan fingerprint density at radius 2 is 2.12 bits per heavy atom. The van der Waals surface area contributed by atoms with Gasteiger partial charge in [-0.25, -0.2) is 0 Å². The third-order valence-corrected chi connectivity index (χ3v) is 3.92. The van der Waals surface area contributed by atoms with E-state index >= 15 is 0 Å². The van der Waals surface area contributed by atoms with Gasteiger partial charge < -0.3 is 15.1 Å². The lowest BCUT2D eigenvalue weighted by atomic mass is 10.1. The van der Waals surface area contributed by atoms with E-state index < -0.39 is 0 Å². The molecule has 0 aromatic rings. The Morgan fingerprint density at radius 1 is 1.31 bits per heavy atom. The molecule has 2 fully saturated rings. The molecule has 0 bridgehead atoms. The molecule has 2 aliphatic rings. The molecule has 3 nitrogen and oxygen atoms in total. The van der Waals surface area contributed by atoms with Crippen molar-refractivity contribution in [2.24, 2.45) is 0 Å². The summed E-state index contributed by atoms with van der Waals surface area (Å²) in [4.78, 5) is 5.03. The van der Waals surface area contributed by atoms with Crippen molar-refractivity contribution >= 4 is 0 Å². The first-order valence-corrected chi connectivity index (χ1v) is 6.88. The summed E-state index contributed by atoms with van der Waals surface area (Å²) >= 11 is 0. The van der Waals surface area contributed by atoms with Crippen molar-refractivity contribution in [3.8, 4) is 0 Å². The highest BCUT2D eigenvalue weighted by Gasteiger charge is 2.21. The fourth-order valence-corrected chi connectivity index (χ4v) is 2.60. The lowest BCUT2D eigenvalue weighted by Gasteiger charge is -2.35. The minimum Gasteiger partial charge on any atom is -0.314 e. The van der Waals surface area contributed by atoms with Crippen LogP contribution in [0, 0.1) is 0 Å². The molecule has 3 heteroatoms. The van der Waals surface area contributed by atoms with Crippen LogP contribution in [0.3, 0.4) is 0 Å². The number of rotatable bonds is 6. The Hall–Kier alpha value is -0.120. The van der Waals surface area contributed by atoms with Crippen LogP contribution in [0.2, 0.25) is 0 Å². The van der Waals surface area contributed by atoms with Crippen molar-refractivity contribution in [3.63, 3.8) is 0 Å². The number of hydrogen-bond donors (Lipinski definition) is 1. The maximum atomic E-state index is 3.59. The Bertz CT molecular complexity index is 203. The number of nitrogens with zero attached hydrogens (tertiary/aromatic N) is 2. The fourth-order valence-electron chi connectivity index (χ4n) is 2.60. The van der Waals surface area contributed by atoms with Gasteiger partial charge in [-0.05, 0) is 65.8 Å². The van der Waals surface area contributed by atoms with Crippen molar-refractivity contribution in [1.29, 1.82) is 0 Å². The summed E-state index contributed by atoms with van der Waals surface area (Å²) in [5, 5.41) is 3.59. The van der Waals surface area contributed by atoms with Gasteiger partial charge in [-0.2, -0.15) is 0 Å². The molecule has 1 N–H and O–H groups in total. The van der Waals surface area contributed by atoms with Crippen molar-refractivity contribution in [2.75, 3.05) is 40.3 Å². The van der Waals surface area contributed by atoms with Crippen LogP contribution in [-0.2, 0) is 0 Å². The first kappa shape index (κ1) is 12.3. The molecule has 16 heavy (non-hydrogen) atoms. The zero-order chi connectivity index (χ0) is 11.4. The van der Waals surface area contributed by atoms with Crippen LogP contribution in [0.4, 0.5) is 0 Å². The molecule has 0 aromatic heterocycles. The van der Waals surface area contributed by atoms with Gasteiger partial charge in [0.05, 0.1) is 0 Å². The quantitative estimate of drug-likeness (QED) is 0.684. The topological polar surface area (TPSA) is 18.5 Å². The van der Waals surface area contributed by atoms with E-state index in [1.165, 1.54) is 58.3 Å². The lowest BCUT2D eigenvalue weighted by molar-refractivity contribution is 0.133. The molecule has 0 amide bonds. The summed E-state index contributed by atoms with van der Waals surface area (Å²) in [6, 6.07) is 1.66. The summed E-state index contributed by atoms with van der Waals surface area (Å²) in [5.74, 6) is 0. The van der Waals surface area contributed by atoms with Gasteiger partial charge in [0.2, 0.25) is 0 Å². The van der Waals surface area contributed by atoms with E-state index in [1.807, 2.05) is 0 Å². The van der Waals surface area contributed by atoms with Gasteiger partial charge in [0.25, 0.3) is 0 Å². The average Bonchev–Trinajstić information content (AvgIpc) is 3.08. The largest absolute Gasteiger partial charge is 0.314 e. The number of likely N-dealkylation sites (N-methyl/N-ethyl adjacent to an activating group) is 2. The zero-order valence-corrected chi connectivity index (χ0v) is 10.9. The third-order valence-electron chi connectivity index (χ3n) is 3.92. The van der Waals surface area contributed by atoms with Crippen molar-refractivity contribution < 1.29 is 0 Å². The number of hydrogen-bond acceptors (Lipinski definition) is 3. The zero-order valence-electron chi connectivity index (χ0n) is 10.9. The molecule has 1 heterocycles. The first-order chi connectivity index (χ1) is 7.75. The molecule has 94 valence electrons. The highest BCUT2D eigenvalue weighted by molar-refractivity contribution is 4.81. The molecule has 2 rings (SSSR count). The molecule has 1 unspecified atom stereocenters. The van der Waals surface area contributed by atoms with Crippen LogP contribution in [-0.4, -0.2) is 62.2 Å². The Labute approximate surface area is 100 Å². The van der Waals surface area contributed by atoms with Crippen molar-refractivity contribution in [3.05, 3.63) is 0 Å². The molecular formula is C13H27N3. The van der Waals surface area contributed by atoms with E-state index in [4.69, 9.17) is 0 Å². The van der Waals surface area contributed by atoms with Gasteiger partial charge in [-0.3, -0.25) is 0 Å². The number of nitrogens with one attached hydrogen (secondary N) is 1. The van der Waals surface area contributed by atoms with Gasteiger partial charge >= 0.3 is 0 Å². The molecule has 1 atom stereocenters.